The van der Waals surface area contributed by atoms with E-state index in [1.165, 1.54) is 5.38 Å². The molecule has 0 bridgehead atoms. The van der Waals surface area contributed by atoms with Gasteiger partial charge in [-0.15, -0.1) is 11.3 Å². The summed E-state index contributed by atoms with van der Waals surface area (Å²) < 4.78 is 28.4. The van der Waals surface area contributed by atoms with Crippen LogP contribution in [0, 0.1) is 18.8 Å². The lowest BCUT2D eigenvalue weighted by molar-refractivity contribution is 0.00803. The third-order valence-corrected chi connectivity index (χ3v) is 6.56. The SMILES string of the molecule is Cc1c(C(=O)OC2CC(C)CC(C)C2)csc1S(N)(=O)=O. The molecule has 5 nitrogen and oxygen atoms in total. The number of ether oxygens (including phenoxy) is 1. The van der Waals surface area contributed by atoms with Crippen LogP contribution in [0.4, 0.5) is 0 Å². The van der Waals surface area contributed by atoms with Gasteiger partial charge in [-0.05, 0) is 43.6 Å². The minimum Gasteiger partial charge on any atom is -0.459 e. The molecular formula is C14H21NO4S2. The fourth-order valence-electron chi connectivity index (χ4n) is 3.07. The second-order valence-corrected chi connectivity index (χ2v) is 8.69. The Hall–Kier alpha value is -0.920. The Labute approximate surface area is 129 Å². The number of esters is 1. The summed E-state index contributed by atoms with van der Waals surface area (Å²) in [7, 11) is -3.79. The van der Waals surface area contributed by atoms with Gasteiger partial charge in [-0.25, -0.2) is 18.4 Å². The smallest absolute Gasteiger partial charge is 0.339 e. The zero-order chi connectivity index (χ0) is 15.8. The van der Waals surface area contributed by atoms with E-state index in [4.69, 9.17) is 9.88 Å². The Morgan fingerprint density at radius 2 is 1.86 bits per heavy atom. The minimum absolute atomic E-state index is 0.0276. The van der Waals surface area contributed by atoms with Gasteiger partial charge in [0.15, 0.2) is 0 Å². The summed E-state index contributed by atoms with van der Waals surface area (Å²) >= 11 is 0.961. The molecule has 2 unspecified atom stereocenters. The van der Waals surface area contributed by atoms with Crippen molar-refractivity contribution >= 4 is 27.3 Å². The third-order valence-electron chi connectivity index (χ3n) is 3.88. The zero-order valence-electron chi connectivity index (χ0n) is 12.5. The van der Waals surface area contributed by atoms with Crippen LogP contribution < -0.4 is 5.14 Å². The first-order valence-electron chi connectivity index (χ1n) is 7.00. The first-order chi connectivity index (χ1) is 9.68. The molecule has 2 atom stereocenters. The molecule has 1 saturated carbocycles. The van der Waals surface area contributed by atoms with Crippen molar-refractivity contribution in [3.63, 3.8) is 0 Å². The van der Waals surface area contributed by atoms with Crippen LogP contribution >= 0.6 is 11.3 Å². The normalized spacial score (nSPS) is 26.6. The Morgan fingerprint density at radius 3 is 2.33 bits per heavy atom. The third kappa shape index (κ3) is 3.84. The van der Waals surface area contributed by atoms with E-state index < -0.39 is 16.0 Å². The van der Waals surface area contributed by atoms with E-state index in [0.717, 1.165) is 30.6 Å². The minimum atomic E-state index is -3.79. The van der Waals surface area contributed by atoms with Gasteiger partial charge in [-0.1, -0.05) is 13.8 Å². The Morgan fingerprint density at radius 1 is 1.29 bits per heavy atom. The van der Waals surface area contributed by atoms with Gasteiger partial charge in [-0.2, -0.15) is 0 Å². The van der Waals surface area contributed by atoms with Gasteiger partial charge in [0, 0.05) is 5.38 Å². The molecule has 21 heavy (non-hydrogen) atoms. The van der Waals surface area contributed by atoms with Crippen LogP contribution in [0.1, 0.15) is 49.0 Å². The molecule has 1 aromatic rings. The number of carbonyl (C=O) groups is 1. The number of hydrogen-bond acceptors (Lipinski definition) is 5. The standard InChI is InChI=1S/C14H21NO4S2/c1-8-4-9(2)6-11(5-8)19-13(16)12-7-20-14(10(12)3)21(15,17)18/h7-9,11H,4-6H2,1-3H3,(H2,15,17,18). The molecule has 1 heterocycles. The molecule has 0 aliphatic heterocycles. The van der Waals surface area contributed by atoms with E-state index in [9.17, 15) is 13.2 Å². The van der Waals surface area contributed by atoms with E-state index in [1.54, 1.807) is 6.92 Å². The highest BCUT2D eigenvalue weighted by Gasteiger charge is 2.29. The monoisotopic (exact) mass is 331 g/mol. The largest absolute Gasteiger partial charge is 0.459 e. The summed E-state index contributed by atoms with van der Waals surface area (Å²) in [6, 6.07) is 0. The van der Waals surface area contributed by atoms with E-state index >= 15 is 0 Å². The number of thiophene rings is 1. The summed E-state index contributed by atoms with van der Waals surface area (Å²) in [4.78, 5) is 12.2. The summed E-state index contributed by atoms with van der Waals surface area (Å²) in [5, 5.41) is 6.63. The van der Waals surface area contributed by atoms with Gasteiger partial charge in [0.05, 0.1) is 5.56 Å². The van der Waals surface area contributed by atoms with Gasteiger partial charge in [0.1, 0.15) is 10.3 Å². The molecule has 2 rings (SSSR count). The Bertz CT molecular complexity index is 625. The fraction of sp³-hybridized carbons (Fsp3) is 0.643. The average molecular weight is 331 g/mol. The van der Waals surface area contributed by atoms with Crippen LogP contribution in [0.15, 0.2) is 9.59 Å². The molecule has 2 N–H and O–H groups in total. The zero-order valence-corrected chi connectivity index (χ0v) is 14.1. The molecule has 0 saturated heterocycles. The molecule has 0 spiro atoms. The average Bonchev–Trinajstić information content (AvgIpc) is 2.69. The van der Waals surface area contributed by atoms with E-state index in [2.05, 4.69) is 13.8 Å². The van der Waals surface area contributed by atoms with Crippen molar-refractivity contribution in [1.82, 2.24) is 0 Å². The highest BCUT2D eigenvalue weighted by atomic mass is 32.2. The van der Waals surface area contributed by atoms with Crippen molar-refractivity contribution in [3.8, 4) is 0 Å². The summed E-state index contributed by atoms with van der Waals surface area (Å²) in [5.74, 6) is 0.621. The molecule has 118 valence electrons. The Balaban J connectivity index is 2.13. The fourth-order valence-corrected chi connectivity index (χ4v) is 5.07. The maximum absolute atomic E-state index is 12.2. The predicted octanol–water partition coefficient (Wildman–Crippen LogP) is 2.69. The van der Waals surface area contributed by atoms with Crippen LogP contribution in [-0.4, -0.2) is 20.5 Å². The van der Waals surface area contributed by atoms with Crippen LogP contribution in [0.5, 0.6) is 0 Å². The molecule has 1 fully saturated rings. The summed E-state index contributed by atoms with van der Waals surface area (Å²) in [6.07, 6.45) is 2.79. The van der Waals surface area contributed by atoms with Gasteiger partial charge in [0.2, 0.25) is 10.0 Å². The molecule has 0 aromatic carbocycles. The van der Waals surface area contributed by atoms with Crippen LogP contribution in [0.25, 0.3) is 0 Å². The number of rotatable bonds is 3. The molecule has 1 aromatic heterocycles. The number of primary sulfonamides is 1. The van der Waals surface area contributed by atoms with Crippen LogP contribution in [0.3, 0.4) is 0 Å². The summed E-state index contributed by atoms with van der Waals surface area (Å²) in [6.45, 7) is 5.90. The van der Waals surface area contributed by atoms with Crippen LogP contribution in [-0.2, 0) is 14.8 Å². The van der Waals surface area contributed by atoms with E-state index in [-0.39, 0.29) is 10.3 Å². The van der Waals surface area contributed by atoms with Crippen molar-refractivity contribution in [2.45, 2.75) is 50.3 Å². The number of hydrogen-bond donors (Lipinski definition) is 1. The Kier molecular flexibility index (Phi) is 4.75. The van der Waals surface area contributed by atoms with Crippen molar-refractivity contribution < 1.29 is 17.9 Å². The van der Waals surface area contributed by atoms with Crippen molar-refractivity contribution in [3.05, 3.63) is 16.5 Å². The highest BCUT2D eigenvalue weighted by Crippen LogP contribution is 2.32. The first-order valence-corrected chi connectivity index (χ1v) is 9.43. The van der Waals surface area contributed by atoms with Gasteiger partial charge < -0.3 is 4.74 Å². The summed E-state index contributed by atoms with van der Waals surface area (Å²) in [5.41, 5.74) is 0.680. The maximum Gasteiger partial charge on any atom is 0.339 e. The maximum atomic E-state index is 12.2. The quantitative estimate of drug-likeness (QED) is 0.863. The van der Waals surface area contributed by atoms with Gasteiger partial charge in [-0.3, -0.25) is 0 Å². The highest BCUT2D eigenvalue weighted by molar-refractivity contribution is 7.91. The number of carbonyl (C=O) groups excluding carboxylic acids is 1. The molecule has 1 aliphatic rings. The lowest BCUT2D eigenvalue weighted by Gasteiger charge is -2.31. The van der Waals surface area contributed by atoms with Crippen molar-refractivity contribution in [2.75, 3.05) is 0 Å². The molecule has 0 amide bonds. The van der Waals surface area contributed by atoms with E-state index in [0.29, 0.717) is 23.0 Å². The molecule has 1 aliphatic carbocycles. The lowest BCUT2D eigenvalue weighted by atomic mass is 9.82. The van der Waals surface area contributed by atoms with E-state index in [1.807, 2.05) is 0 Å². The number of sulfonamides is 1. The number of nitrogens with two attached hydrogens (primary N) is 1. The first kappa shape index (κ1) is 16.5. The molecular weight excluding hydrogens is 310 g/mol. The van der Waals surface area contributed by atoms with Crippen LogP contribution in [0.2, 0.25) is 0 Å². The second-order valence-electron chi connectivity index (χ2n) is 6.05. The lowest BCUT2D eigenvalue weighted by Crippen LogP contribution is -2.28. The topological polar surface area (TPSA) is 86.5 Å². The predicted molar refractivity (Wildman–Crippen MR) is 81.8 cm³/mol. The van der Waals surface area contributed by atoms with Gasteiger partial charge >= 0.3 is 5.97 Å². The molecule has 0 radical (unpaired) electrons. The molecule has 7 heteroatoms. The van der Waals surface area contributed by atoms with Crippen molar-refractivity contribution in [1.29, 1.82) is 0 Å². The van der Waals surface area contributed by atoms with Gasteiger partial charge in [0.25, 0.3) is 0 Å². The second kappa shape index (κ2) is 6.06. The van der Waals surface area contributed by atoms with Crippen molar-refractivity contribution in [2.24, 2.45) is 17.0 Å².